The molecule has 0 amide bonds. The number of aryl methyl sites for hydroxylation is 2. The van der Waals surface area contributed by atoms with Gasteiger partial charge in [0.15, 0.2) is 11.5 Å². The largest absolute Gasteiger partial charge is 0.441 e. The number of fused-ring (bicyclic) bond motifs is 1. The van der Waals surface area contributed by atoms with Gasteiger partial charge in [0.25, 0.3) is 0 Å². The van der Waals surface area contributed by atoms with E-state index in [9.17, 15) is 5.11 Å². The van der Waals surface area contributed by atoms with Crippen LogP contribution in [0.1, 0.15) is 23.4 Å². The van der Waals surface area contributed by atoms with Crippen molar-refractivity contribution in [3.8, 4) is 0 Å². The zero-order valence-electron chi connectivity index (χ0n) is 12.1. The second-order valence-corrected chi connectivity index (χ2v) is 5.46. The highest BCUT2D eigenvalue weighted by Gasteiger charge is 2.11. The minimum atomic E-state index is -0.431. The molecule has 1 unspecified atom stereocenters. The number of aliphatic hydroxyl groups is 1. The lowest BCUT2D eigenvalue weighted by Crippen LogP contribution is -2.11. The molecule has 0 radical (unpaired) electrons. The van der Waals surface area contributed by atoms with Crippen molar-refractivity contribution in [1.82, 2.24) is 4.98 Å². The molecular weight excluding hydrogens is 262 g/mol. The van der Waals surface area contributed by atoms with Gasteiger partial charge in [0.05, 0.1) is 12.5 Å². The van der Waals surface area contributed by atoms with E-state index in [-0.39, 0.29) is 0 Å². The van der Waals surface area contributed by atoms with E-state index in [1.54, 1.807) is 0 Å². The van der Waals surface area contributed by atoms with E-state index in [0.717, 1.165) is 17.5 Å². The van der Waals surface area contributed by atoms with Crippen LogP contribution in [0.3, 0.4) is 0 Å². The Morgan fingerprint density at radius 3 is 2.62 bits per heavy atom. The van der Waals surface area contributed by atoms with Crippen molar-refractivity contribution in [2.75, 3.05) is 0 Å². The molecule has 0 aliphatic carbocycles. The molecule has 1 aromatic heterocycles. The molecule has 1 N–H and O–H groups in total. The summed E-state index contributed by atoms with van der Waals surface area (Å²) < 4.78 is 5.64. The Morgan fingerprint density at radius 2 is 1.86 bits per heavy atom. The lowest BCUT2D eigenvalue weighted by Gasteiger charge is -2.08. The number of nitrogens with zero attached hydrogens (tertiary/aromatic N) is 1. The van der Waals surface area contributed by atoms with E-state index in [1.807, 2.05) is 24.3 Å². The predicted octanol–water partition coefficient (Wildman–Crippen LogP) is 3.67. The first-order valence-electron chi connectivity index (χ1n) is 7.29. The molecule has 3 nitrogen and oxygen atoms in total. The Labute approximate surface area is 124 Å². The van der Waals surface area contributed by atoms with Crippen LogP contribution in [0.2, 0.25) is 0 Å². The van der Waals surface area contributed by atoms with Crippen LogP contribution in [0.25, 0.3) is 11.1 Å². The number of hydrogen-bond acceptors (Lipinski definition) is 3. The van der Waals surface area contributed by atoms with E-state index < -0.39 is 6.10 Å². The van der Waals surface area contributed by atoms with Gasteiger partial charge in [-0.05, 0) is 37.5 Å². The molecule has 3 rings (SSSR count). The summed E-state index contributed by atoms with van der Waals surface area (Å²) in [5, 5.41) is 10.1. The van der Waals surface area contributed by atoms with Crippen LogP contribution in [-0.2, 0) is 12.8 Å². The Kier molecular flexibility index (Phi) is 4.02. The maximum Gasteiger partial charge on any atom is 0.198 e. The molecule has 0 aliphatic heterocycles. The van der Waals surface area contributed by atoms with E-state index >= 15 is 0 Å². The van der Waals surface area contributed by atoms with Crippen LogP contribution in [0.5, 0.6) is 0 Å². The molecule has 108 valence electrons. The minimum absolute atomic E-state index is 0.431. The van der Waals surface area contributed by atoms with Crippen LogP contribution in [-0.4, -0.2) is 16.2 Å². The van der Waals surface area contributed by atoms with Crippen molar-refractivity contribution >= 4 is 11.1 Å². The van der Waals surface area contributed by atoms with Gasteiger partial charge in [0.2, 0.25) is 0 Å². The fourth-order valence-corrected chi connectivity index (χ4v) is 2.40. The van der Waals surface area contributed by atoms with Crippen LogP contribution in [0.15, 0.2) is 52.9 Å². The summed E-state index contributed by atoms with van der Waals surface area (Å²) in [5.41, 5.74) is 4.12. The van der Waals surface area contributed by atoms with Gasteiger partial charge >= 0.3 is 0 Å². The number of rotatable bonds is 5. The molecule has 0 bridgehead atoms. The van der Waals surface area contributed by atoms with Crippen molar-refractivity contribution in [3.63, 3.8) is 0 Å². The first-order valence-corrected chi connectivity index (χ1v) is 7.29. The molecule has 1 atom stereocenters. The normalized spacial score (nSPS) is 12.7. The minimum Gasteiger partial charge on any atom is -0.441 e. The number of oxazole rings is 1. The quantitative estimate of drug-likeness (QED) is 0.776. The first-order chi connectivity index (χ1) is 10.2. The predicted molar refractivity (Wildman–Crippen MR) is 83.2 cm³/mol. The number of hydrogen-bond donors (Lipinski definition) is 1. The standard InChI is InChI=1S/C18H19NO2/c1-13-6-8-14(9-7-13)10-11-15(20)12-18-19-16-4-2-3-5-17(16)21-18/h2-9,15,20H,10-12H2,1H3. The van der Waals surface area contributed by atoms with Gasteiger partial charge in [-0.3, -0.25) is 0 Å². The summed E-state index contributed by atoms with van der Waals surface area (Å²) in [7, 11) is 0. The highest BCUT2D eigenvalue weighted by molar-refractivity contribution is 5.72. The van der Waals surface area contributed by atoms with E-state index in [4.69, 9.17) is 4.42 Å². The molecular formula is C18H19NO2. The summed E-state index contributed by atoms with van der Waals surface area (Å²) in [5.74, 6) is 0.604. The average molecular weight is 281 g/mol. The highest BCUT2D eigenvalue weighted by Crippen LogP contribution is 2.17. The van der Waals surface area contributed by atoms with Gasteiger partial charge in [-0.1, -0.05) is 42.0 Å². The van der Waals surface area contributed by atoms with Gasteiger partial charge in [-0.25, -0.2) is 4.98 Å². The maximum absolute atomic E-state index is 10.1. The number of aliphatic hydroxyl groups excluding tert-OH is 1. The fraction of sp³-hybridized carbons (Fsp3) is 0.278. The molecule has 0 saturated heterocycles. The average Bonchev–Trinajstić information content (AvgIpc) is 2.88. The van der Waals surface area contributed by atoms with E-state index in [1.165, 1.54) is 11.1 Å². The number of aromatic nitrogens is 1. The molecule has 0 fully saturated rings. The van der Waals surface area contributed by atoms with Crippen LogP contribution < -0.4 is 0 Å². The SMILES string of the molecule is Cc1ccc(CCC(O)Cc2nc3ccccc3o2)cc1. The fourth-order valence-electron chi connectivity index (χ4n) is 2.40. The maximum atomic E-state index is 10.1. The molecule has 1 heterocycles. The topological polar surface area (TPSA) is 46.3 Å². The molecule has 0 saturated carbocycles. The van der Waals surface area contributed by atoms with Crippen LogP contribution in [0.4, 0.5) is 0 Å². The summed E-state index contributed by atoms with van der Waals surface area (Å²) in [6.45, 7) is 2.08. The Morgan fingerprint density at radius 1 is 1.10 bits per heavy atom. The Bertz CT molecular complexity index is 682. The van der Waals surface area contributed by atoms with Crippen LogP contribution >= 0.6 is 0 Å². The summed E-state index contributed by atoms with van der Waals surface area (Å²) >= 11 is 0. The van der Waals surface area contributed by atoms with Gasteiger partial charge in [0.1, 0.15) is 5.52 Å². The molecule has 21 heavy (non-hydrogen) atoms. The van der Waals surface area contributed by atoms with Crippen molar-refractivity contribution in [1.29, 1.82) is 0 Å². The molecule has 0 aliphatic rings. The first kappa shape index (κ1) is 13.8. The molecule has 3 heteroatoms. The van der Waals surface area contributed by atoms with Crippen molar-refractivity contribution in [2.24, 2.45) is 0 Å². The second-order valence-electron chi connectivity index (χ2n) is 5.46. The number of para-hydroxylation sites is 2. The van der Waals surface area contributed by atoms with Gasteiger partial charge in [0, 0.05) is 0 Å². The molecule has 0 spiro atoms. The van der Waals surface area contributed by atoms with Crippen molar-refractivity contribution < 1.29 is 9.52 Å². The van der Waals surface area contributed by atoms with Crippen molar-refractivity contribution in [3.05, 3.63) is 65.5 Å². The lowest BCUT2D eigenvalue weighted by atomic mass is 10.0. The van der Waals surface area contributed by atoms with E-state index in [0.29, 0.717) is 18.7 Å². The Hall–Kier alpha value is -2.13. The van der Waals surface area contributed by atoms with Crippen molar-refractivity contribution in [2.45, 2.75) is 32.3 Å². The molecule has 3 aromatic rings. The summed E-state index contributed by atoms with van der Waals surface area (Å²) in [4.78, 5) is 4.39. The monoisotopic (exact) mass is 281 g/mol. The summed E-state index contributed by atoms with van der Waals surface area (Å²) in [6, 6.07) is 16.1. The van der Waals surface area contributed by atoms with E-state index in [2.05, 4.69) is 36.2 Å². The lowest BCUT2D eigenvalue weighted by molar-refractivity contribution is 0.157. The summed E-state index contributed by atoms with van der Waals surface area (Å²) in [6.07, 6.45) is 1.60. The number of benzene rings is 2. The third-order valence-corrected chi connectivity index (χ3v) is 3.64. The third-order valence-electron chi connectivity index (χ3n) is 3.64. The smallest absolute Gasteiger partial charge is 0.198 e. The zero-order valence-corrected chi connectivity index (χ0v) is 12.1. The zero-order chi connectivity index (χ0) is 14.7. The molecule has 2 aromatic carbocycles. The van der Waals surface area contributed by atoms with Gasteiger partial charge < -0.3 is 9.52 Å². The van der Waals surface area contributed by atoms with Gasteiger partial charge in [-0.15, -0.1) is 0 Å². The second kappa shape index (κ2) is 6.10. The third kappa shape index (κ3) is 3.50. The van der Waals surface area contributed by atoms with Gasteiger partial charge in [-0.2, -0.15) is 0 Å². The highest BCUT2D eigenvalue weighted by atomic mass is 16.4. The Balaban J connectivity index is 1.58. The van der Waals surface area contributed by atoms with Crippen LogP contribution in [0, 0.1) is 6.92 Å².